The first-order valence-electron chi connectivity index (χ1n) is 6.21. The summed E-state index contributed by atoms with van der Waals surface area (Å²) in [6.45, 7) is 5.50. The number of rotatable bonds is 4. The molecule has 0 aromatic rings. The number of hydrogen-bond acceptors (Lipinski definition) is 4. The summed E-state index contributed by atoms with van der Waals surface area (Å²) < 4.78 is 11.2. The van der Waals surface area contributed by atoms with Crippen molar-refractivity contribution in [1.29, 1.82) is 0 Å². The minimum Gasteiger partial charge on any atom is -0.378 e. The number of ketones is 1. The Balaban J connectivity index is 1.88. The number of ether oxygens (including phenoxy) is 2. The molecule has 0 amide bonds. The first-order valence-corrected chi connectivity index (χ1v) is 6.21. The van der Waals surface area contributed by atoms with E-state index in [2.05, 4.69) is 5.32 Å². The summed E-state index contributed by atoms with van der Waals surface area (Å²) in [6, 6.07) is 0. The molecule has 1 spiro atoms. The van der Waals surface area contributed by atoms with Crippen LogP contribution in [-0.2, 0) is 14.3 Å². The standard InChI is InChI=1S/C12H21NO3/c1-2-13-8-11(14)10-3-5-16-12(7-10)4-6-15-9-12/h10,13H,2-9H2,1H3. The van der Waals surface area contributed by atoms with E-state index in [1.54, 1.807) is 0 Å². The molecule has 2 rings (SSSR count). The second-order valence-corrected chi connectivity index (χ2v) is 4.77. The summed E-state index contributed by atoms with van der Waals surface area (Å²) >= 11 is 0. The third kappa shape index (κ3) is 2.62. The van der Waals surface area contributed by atoms with Crippen molar-refractivity contribution < 1.29 is 14.3 Å². The average Bonchev–Trinajstić information content (AvgIpc) is 2.74. The van der Waals surface area contributed by atoms with Crippen LogP contribution in [0.1, 0.15) is 26.2 Å². The van der Waals surface area contributed by atoms with Crippen LogP contribution in [0.25, 0.3) is 0 Å². The average molecular weight is 227 g/mol. The van der Waals surface area contributed by atoms with Crippen LogP contribution < -0.4 is 5.32 Å². The molecule has 92 valence electrons. The Hall–Kier alpha value is -0.450. The molecule has 1 N–H and O–H groups in total. The molecule has 2 atom stereocenters. The molecule has 0 aromatic heterocycles. The van der Waals surface area contributed by atoms with Gasteiger partial charge < -0.3 is 14.8 Å². The minimum atomic E-state index is -0.148. The van der Waals surface area contributed by atoms with Crippen LogP contribution in [0.2, 0.25) is 0 Å². The molecule has 0 radical (unpaired) electrons. The fraction of sp³-hybridized carbons (Fsp3) is 0.917. The molecule has 0 aromatic carbocycles. The number of hydrogen-bond donors (Lipinski definition) is 1. The van der Waals surface area contributed by atoms with E-state index < -0.39 is 0 Å². The molecule has 0 saturated carbocycles. The Kier molecular flexibility index (Phi) is 3.95. The van der Waals surface area contributed by atoms with Gasteiger partial charge in [-0.3, -0.25) is 4.79 Å². The van der Waals surface area contributed by atoms with Crippen LogP contribution in [0.4, 0.5) is 0 Å². The monoisotopic (exact) mass is 227 g/mol. The van der Waals surface area contributed by atoms with Crippen molar-refractivity contribution in [2.24, 2.45) is 5.92 Å². The quantitative estimate of drug-likeness (QED) is 0.770. The van der Waals surface area contributed by atoms with Crippen molar-refractivity contribution in [2.75, 3.05) is 32.9 Å². The zero-order valence-corrected chi connectivity index (χ0v) is 9.96. The van der Waals surface area contributed by atoms with E-state index in [0.29, 0.717) is 25.5 Å². The van der Waals surface area contributed by atoms with Gasteiger partial charge in [0.15, 0.2) is 0 Å². The number of nitrogens with one attached hydrogen (secondary N) is 1. The largest absolute Gasteiger partial charge is 0.378 e. The van der Waals surface area contributed by atoms with Crippen LogP contribution in [-0.4, -0.2) is 44.3 Å². The Morgan fingerprint density at radius 2 is 2.38 bits per heavy atom. The summed E-state index contributed by atoms with van der Waals surface area (Å²) in [5.74, 6) is 0.492. The smallest absolute Gasteiger partial charge is 0.149 e. The first-order chi connectivity index (χ1) is 7.76. The number of carbonyl (C=O) groups excluding carboxylic acids is 1. The van der Waals surface area contributed by atoms with Gasteiger partial charge in [0.2, 0.25) is 0 Å². The SMILES string of the molecule is CCNCC(=O)C1CCOC2(CCOC2)C1. The molecule has 2 fully saturated rings. The van der Waals surface area contributed by atoms with Crippen molar-refractivity contribution in [3.8, 4) is 0 Å². The van der Waals surface area contributed by atoms with E-state index in [9.17, 15) is 4.79 Å². The van der Waals surface area contributed by atoms with Crippen LogP contribution in [0.5, 0.6) is 0 Å². The molecule has 2 saturated heterocycles. The van der Waals surface area contributed by atoms with Gasteiger partial charge in [0.25, 0.3) is 0 Å². The van der Waals surface area contributed by atoms with E-state index in [0.717, 1.165) is 32.4 Å². The highest BCUT2D eigenvalue weighted by atomic mass is 16.6. The maximum atomic E-state index is 11.9. The lowest BCUT2D eigenvalue weighted by atomic mass is 9.83. The highest BCUT2D eigenvalue weighted by Gasteiger charge is 2.42. The molecule has 4 nitrogen and oxygen atoms in total. The maximum absolute atomic E-state index is 11.9. The lowest BCUT2D eigenvalue weighted by Crippen LogP contribution is -2.44. The van der Waals surface area contributed by atoms with Gasteiger partial charge in [-0.15, -0.1) is 0 Å². The highest BCUT2D eigenvalue weighted by molar-refractivity contribution is 5.83. The minimum absolute atomic E-state index is 0.148. The molecule has 2 heterocycles. The van der Waals surface area contributed by atoms with Crippen molar-refractivity contribution in [3.63, 3.8) is 0 Å². The van der Waals surface area contributed by atoms with Crippen LogP contribution in [0.3, 0.4) is 0 Å². The van der Waals surface area contributed by atoms with E-state index in [-0.39, 0.29) is 11.5 Å². The Morgan fingerprint density at radius 1 is 1.50 bits per heavy atom. The third-order valence-corrected chi connectivity index (χ3v) is 3.56. The molecule has 2 unspecified atom stereocenters. The van der Waals surface area contributed by atoms with Crippen LogP contribution in [0.15, 0.2) is 0 Å². The summed E-state index contributed by atoms with van der Waals surface area (Å²) in [6.07, 6.45) is 2.65. The van der Waals surface area contributed by atoms with Crippen molar-refractivity contribution in [3.05, 3.63) is 0 Å². The fourth-order valence-electron chi connectivity index (χ4n) is 2.56. The lowest BCUT2D eigenvalue weighted by molar-refractivity contribution is -0.136. The molecule has 16 heavy (non-hydrogen) atoms. The van der Waals surface area contributed by atoms with Crippen LogP contribution >= 0.6 is 0 Å². The zero-order valence-electron chi connectivity index (χ0n) is 9.96. The van der Waals surface area contributed by atoms with Gasteiger partial charge in [-0.1, -0.05) is 6.92 Å². The normalized spacial score (nSPS) is 34.4. The van der Waals surface area contributed by atoms with Gasteiger partial charge in [0.05, 0.1) is 18.8 Å². The van der Waals surface area contributed by atoms with Gasteiger partial charge in [0.1, 0.15) is 5.78 Å². The van der Waals surface area contributed by atoms with Crippen molar-refractivity contribution in [1.82, 2.24) is 5.32 Å². The van der Waals surface area contributed by atoms with Gasteiger partial charge >= 0.3 is 0 Å². The molecule has 2 aliphatic heterocycles. The summed E-state index contributed by atoms with van der Waals surface area (Å²) in [7, 11) is 0. The summed E-state index contributed by atoms with van der Waals surface area (Å²) in [5.41, 5.74) is -0.148. The van der Waals surface area contributed by atoms with E-state index in [1.165, 1.54) is 0 Å². The fourth-order valence-corrected chi connectivity index (χ4v) is 2.56. The van der Waals surface area contributed by atoms with Crippen LogP contribution in [0, 0.1) is 5.92 Å². The molecule has 4 heteroatoms. The topological polar surface area (TPSA) is 47.6 Å². The molecular formula is C12H21NO3. The predicted octanol–water partition coefficient (Wildman–Crippen LogP) is 0.751. The molecule has 2 aliphatic rings. The second-order valence-electron chi connectivity index (χ2n) is 4.77. The zero-order chi connectivity index (χ0) is 11.4. The Morgan fingerprint density at radius 3 is 3.06 bits per heavy atom. The first kappa shape index (κ1) is 12.0. The van der Waals surface area contributed by atoms with E-state index in [1.807, 2.05) is 6.92 Å². The molecule has 0 aliphatic carbocycles. The number of carbonyl (C=O) groups is 1. The predicted molar refractivity (Wildman–Crippen MR) is 60.4 cm³/mol. The van der Waals surface area contributed by atoms with Crippen molar-refractivity contribution >= 4 is 5.78 Å². The van der Waals surface area contributed by atoms with Gasteiger partial charge in [-0.05, 0) is 19.4 Å². The number of likely N-dealkylation sites (N-methyl/N-ethyl adjacent to an activating group) is 1. The van der Waals surface area contributed by atoms with Gasteiger partial charge in [-0.2, -0.15) is 0 Å². The molecule has 0 bridgehead atoms. The van der Waals surface area contributed by atoms with E-state index >= 15 is 0 Å². The third-order valence-electron chi connectivity index (χ3n) is 3.56. The second kappa shape index (κ2) is 5.25. The Bertz CT molecular complexity index is 249. The lowest BCUT2D eigenvalue weighted by Gasteiger charge is -2.36. The summed E-state index contributed by atoms with van der Waals surface area (Å²) in [5, 5.41) is 3.10. The van der Waals surface area contributed by atoms with E-state index in [4.69, 9.17) is 9.47 Å². The highest BCUT2D eigenvalue weighted by Crippen LogP contribution is 2.35. The van der Waals surface area contributed by atoms with Gasteiger partial charge in [-0.25, -0.2) is 0 Å². The molecular weight excluding hydrogens is 206 g/mol. The number of Topliss-reactive ketones (excluding diaryl/α,β-unsaturated/α-hetero) is 1. The maximum Gasteiger partial charge on any atom is 0.149 e. The van der Waals surface area contributed by atoms with Crippen molar-refractivity contribution in [2.45, 2.75) is 31.8 Å². The Labute approximate surface area is 96.7 Å². The van der Waals surface area contributed by atoms with Gasteiger partial charge in [0, 0.05) is 25.6 Å². The summed E-state index contributed by atoms with van der Waals surface area (Å²) in [4.78, 5) is 11.9.